The molecule has 0 radical (unpaired) electrons. The molecule has 39 heavy (non-hydrogen) atoms. The Bertz CT molecular complexity index is 1220. The molecule has 1 atom stereocenters. The monoisotopic (exact) mass is 529 g/mol. The molecule has 3 aromatic carbocycles. The van der Waals surface area contributed by atoms with Crippen LogP contribution in [0.1, 0.15) is 99.4 Å². The Labute approximate surface area is 233 Å². The third-order valence-electron chi connectivity index (χ3n) is 7.02. The Morgan fingerprint density at radius 3 is 2.21 bits per heavy atom. The maximum absolute atomic E-state index is 12.3. The quantitative estimate of drug-likeness (QED) is 0.219. The van der Waals surface area contributed by atoms with Gasteiger partial charge >= 0.3 is 5.97 Å². The normalized spacial score (nSPS) is 12.1. The average Bonchev–Trinajstić information content (AvgIpc) is 2.90. The van der Waals surface area contributed by atoms with Gasteiger partial charge in [-0.25, -0.2) is 0 Å². The highest BCUT2D eigenvalue weighted by Crippen LogP contribution is 2.32. The van der Waals surface area contributed by atoms with E-state index < -0.39 is 5.97 Å². The van der Waals surface area contributed by atoms with E-state index in [2.05, 4.69) is 82.4 Å². The highest BCUT2D eigenvalue weighted by Gasteiger charge is 2.17. The lowest BCUT2D eigenvalue weighted by atomic mass is 9.86. The van der Waals surface area contributed by atoms with Crippen molar-refractivity contribution in [3.63, 3.8) is 0 Å². The highest BCUT2D eigenvalue weighted by molar-refractivity contribution is 5.94. The molecule has 1 amide bonds. The second-order valence-corrected chi connectivity index (χ2v) is 11.3. The molecule has 0 heterocycles. The summed E-state index contributed by atoms with van der Waals surface area (Å²) in [5.41, 5.74) is 6.73. The van der Waals surface area contributed by atoms with E-state index in [-0.39, 0.29) is 30.4 Å². The van der Waals surface area contributed by atoms with E-state index in [1.807, 2.05) is 12.1 Å². The third kappa shape index (κ3) is 8.98. The topological polar surface area (TPSA) is 75.6 Å². The zero-order valence-corrected chi connectivity index (χ0v) is 24.0. The molecule has 0 aromatic heterocycles. The number of hydrogen-bond acceptors (Lipinski definition) is 3. The number of amides is 1. The number of aliphatic carboxylic acids is 1. The summed E-state index contributed by atoms with van der Waals surface area (Å²) in [6.45, 7) is 11.2. The van der Waals surface area contributed by atoms with Crippen LogP contribution in [0.4, 0.5) is 0 Å². The maximum atomic E-state index is 12.3. The number of rotatable bonds is 13. The van der Waals surface area contributed by atoms with Gasteiger partial charge in [0, 0.05) is 12.1 Å². The van der Waals surface area contributed by atoms with E-state index in [1.165, 1.54) is 41.5 Å². The van der Waals surface area contributed by atoms with Crippen LogP contribution in [0.5, 0.6) is 5.75 Å². The van der Waals surface area contributed by atoms with Crippen molar-refractivity contribution in [3.8, 4) is 16.9 Å². The van der Waals surface area contributed by atoms with E-state index >= 15 is 0 Å². The number of carboxylic acids is 1. The van der Waals surface area contributed by atoms with Gasteiger partial charge in [0.1, 0.15) is 11.9 Å². The number of benzene rings is 3. The van der Waals surface area contributed by atoms with E-state index in [9.17, 15) is 9.59 Å². The van der Waals surface area contributed by atoms with Crippen LogP contribution in [0.2, 0.25) is 0 Å². The molecule has 1 unspecified atom stereocenters. The number of unbranched alkanes of at least 4 members (excludes halogenated alkanes) is 3. The third-order valence-corrected chi connectivity index (χ3v) is 7.02. The molecule has 0 saturated heterocycles. The van der Waals surface area contributed by atoms with E-state index in [1.54, 1.807) is 12.1 Å². The van der Waals surface area contributed by atoms with Gasteiger partial charge in [-0.1, -0.05) is 89.4 Å². The number of hydrogen-bond donors (Lipinski definition) is 2. The summed E-state index contributed by atoms with van der Waals surface area (Å²) < 4.78 is 6.47. The smallest absolute Gasteiger partial charge is 0.305 e. The summed E-state index contributed by atoms with van der Waals surface area (Å²) in [5, 5.41) is 11.4. The first-order valence-corrected chi connectivity index (χ1v) is 14.1. The van der Waals surface area contributed by atoms with Crippen LogP contribution < -0.4 is 10.1 Å². The van der Waals surface area contributed by atoms with Gasteiger partial charge in [0.2, 0.25) is 0 Å². The van der Waals surface area contributed by atoms with Crippen LogP contribution in [0.3, 0.4) is 0 Å². The Kier molecular flexibility index (Phi) is 10.7. The van der Waals surface area contributed by atoms with Gasteiger partial charge in [0.05, 0.1) is 6.42 Å². The molecule has 0 aliphatic rings. The number of aryl methyl sites for hydroxylation is 1. The Morgan fingerprint density at radius 2 is 1.62 bits per heavy atom. The van der Waals surface area contributed by atoms with Crippen LogP contribution >= 0.6 is 0 Å². The second kappa shape index (κ2) is 14.0. The highest BCUT2D eigenvalue weighted by atomic mass is 16.5. The van der Waals surface area contributed by atoms with Crippen molar-refractivity contribution in [2.24, 2.45) is 0 Å². The van der Waals surface area contributed by atoms with E-state index in [4.69, 9.17) is 9.84 Å². The van der Waals surface area contributed by atoms with Crippen LogP contribution in [-0.4, -0.2) is 23.5 Å². The predicted molar refractivity (Wildman–Crippen MR) is 158 cm³/mol. The van der Waals surface area contributed by atoms with Crippen LogP contribution in [-0.2, 0) is 10.2 Å². The molecule has 0 aliphatic carbocycles. The maximum Gasteiger partial charge on any atom is 0.305 e. The van der Waals surface area contributed by atoms with Crippen molar-refractivity contribution in [3.05, 3.63) is 89.0 Å². The molecular formula is C34H43NO4. The van der Waals surface area contributed by atoms with Crippen molar-refractivity contribution < 1.29 is 19.4 Å². The van der Waals surface area contributed by atoms with Crippen molar-refractivity contribution in [2.45, 2.75) is 84.7 Å². The van der Waals surface area contributed by atoms with Gasteiger partial charge in [-0.05, 0) is 77.3 Å². The summed E-state index contributed by atoms with van der Waals surface area (Å²) in [6.07, 6.45) is 5.36. The Hall–Kier alpha value is -3.60. The molecule has 5 nitrogen and oxygen atoms in total. The van der Waals surface area contributed by atoms with Crippen LogP contribution in [0.25, 0.3) is 11.1 Å². The van der Waals surface area contributed by atoms with Gasteiger partial charge in [-0.3, -0.25) is 9.59 Å². The Balaban J connectivity index is 1.76. The molecule has 3 rings (SSSR count). The summed E-state index contributed by atoms with van der Waals surface area (Å²) in [7, 11) is 0. The van der Waals surface area contributed by atoms with Crippen LogP contribution in [0.15, 0.2) is 66.7 Å². The number of ether oxygens (including phenoxy) is 1. The van der Waals surface area contributed by atoms with Gasteiger partial charge in [0.25, 0.3) is 5.91 Å². The molecule has 0 bridgehead atoms. The lowest BCUT2D eigenvalue weighted by Crippen LogP contribution is -2.25. The summed E-state index contributed by atoms with van der Waals surface area (Å²) >= 11 is 0. The summed E-state index contributed by atoms with van der Waals surface area (Å²) in [5.74, 6) is -0.525. The number of carboxylic acid groups (broad SMARTS) is 1. The lowest BCUT2D eigenvalue weighted by Gasteiger charge is -2.22. The molecule has 5 heteroatoms. The second-order valence-electron chi connectivity index (χ2n) is 11.3. The summed E-state index contributed by atoms with van der Waals surface area (Å²) in [6, 6.07) is 22.5. The standard InChI is InChI=1S/C34H43NO4/c1-6-7-8-9-10-31(39-29-18-13-26(14-19-29)33(38)35-22-21-32(36)37)27-15-20-30(24(2)23-27)25-11-16-28(17-12-25)34(3,4)5/h11-20,23,31H,6-10,21-22H2,1-5H3,(H,35,38)(H,36,37). The predicted octanol–water partition coefficient (Wildman–Crippen LogP) is 8.25. The molecule has 3 aromatic rings. The van der Waals surface area contributed by atoms with Crippen molar-refractivity contribution in [1.82, 2.24) is 5.32 Å². The van der Waals surface area contributed by atoms with Crippen molar-refractivity contribution in [1.29, 1.82) is 0 Å². The molecule has 0 fully saturated rings. The first-order chi connectivity index (χ1) is 18.6. The van der Waals surface area contributed by atoms with E-state index in [0.29, 0.717) is 11.3 Å². The first-order valence-electron chi connectivity index (χ1n) is 14.1. The zero-order valence-electron chi connectivity index (χ0n) is 24.0. The van der Waals surface area contributed by atoms with Crippen LogP contribution in [0, 0.1) is 6.92 Å². The Morgan fingerprint density at radius 1 is 0.923 bits per heavy atom. The zero-order chi connectivity index (χ0) is 28.4. The van der Waals surface area contributed by atoms with E-state index in [0.717, 1.165) is 18.4 Å². The molecular weight excluding hydrogens is 486 g/mol. The van der Waals surface area contributed by atoms with Gasteiger partial charge in [-0.15, -0.1) is 0 Å². The molecule has 0 saturated carbocycles. The number of nitrogens with one attached hydrogen (secondary N) is 1. The van der Waals surface area contributed by atoms with Crippen molar-refractivity contribution in [2.75, 3.05) is 6.54 Å². The molecule has 0 aliphatic heterocycles. The van der Waals surface area contributed by atoms with Gasteiger partial charge in [-0.2, -0.15) is 0 Å². The fourth-order valence-electron chi connectivity index (χ4n) is 4.65. The fourth-order valence-corrected chi connectivity index (χ4v) is 4.65. The SMILES string of the molecule is CCCCCCC(Oc1ccc(C(=O)NCCC(=O)O)cc1)c1ccc(-c2ccc(C(C)(C)C)cc2)c(C)c1. The first kappa shape index (κ1) is 29.9. The molecule has 0 spiro atoms. The minimum absolute atomic E-state index is 0.0897. The van der Waals surface area contributed by atoms with Gasteiger partial charge in [0.15, 0.2) is 0 Å². The largest absolute Gasteiger partial charge is 0.486 e. The average molecular weight is 530 g/mol. The minimum atomic E-state index is -0.939. The molecule has 2 N–H and O–H groups in total. The lowest BCUT2D eigenvalue weighted by molar-refractivity contribution is -0.136. The number of carbonyl (C=O) groups is 2. The fraction of sp³-hybridized carbons (Fsp3) is 0.412. The minimum Gasteiger partial charge on any atom is -0.486 e. The van der Waals surface area contributed by atoms with Crippen molar-refractivity contribution >= 4 is 11.9 Å². The van der Waals surface area contributed by atoms with Gasteiger partial charge < -0.3 is 15.2 Å². The molecule has 208 valence electrons. The summed E-state index contributed by atoms with van der Waals surface area (Å²) in [4.78, 5) is 23.0. The number of carbonyl (C=O) groups excluding carboxylic acids is 1.